The summed E-state index contributed by atoms with van der Waals surface area (Å²) in [7, 11) is 0. The van der Waals surface area contributed by atoms with Gasteiger partial charge in [-0.05, 0) is 41.7 Å². The highest BCUT2D eigenvalue weighted by Crippen LogP contribution is 2.40. The number of anilines is 1. The lowest BCUT2D eigenvalue weighted by Gasteiger charge is -2.48. The molecule has 3 aromatic carbocycles. The Bertz CT molecular complexity index is 932. The zero-order chi connectivity index (χ0) is 20.1. The van der Waals surface area contributed by atoms with Crippen molar-refractivity contribution < 1.29 is 0 Å². The van der Waals surface area contributed by atoms with Gasteiger partial charge in [-0.1, -0.05) is 92.7 Å². The predicted molar refractivity (Wildman–Crippen MR) is 123 cm³/mol. The van der Waals surface area contributed by atoms with Crippen LogP contribution in [0.3, 0.4) is 0 Å². The van der Waals surface area contributed by atoms with Crippen LogP contribution >= 0.6 is 0 Å². The molecular formula is C27H30N2. The molecule has 0 radical (unpaired) electrons. The molecule has 29 heavy (non-hydrogen) atoms. The standard InChI is InChI=1S/C27H30N2/c1-3-23-21-28(25-18-12-7-13-19-25)27(24-16-10-6-11-17-24)29(26(23)4-2)20-22-14-8-5-9-15-22/h5-19,27H,3-4,20-21H2,1-2H3. The lowest BCUT2D eigenvalue weighted by atomic mass is 9.97. The van der Waals surface area contributed by atoms with Gasteiger partial charge in [0.1, 0.15) is 6.17 Å². The number of hydrogen-bond acceptors (Lipinski definition) is 2. The van der Waals surface area contributed by atoms with Crippen molar-refractivity contribution in [3.05, 3.63) is 113 Å². The van der Waals surface area contributed by atoms with Crippen LogP contribution in [0.2, 0.25) is 0 Å². The van der Waals surface area contributed by atoms with Crippen LogP contribution in [0.4, 0.5) is 5.69 Å². The van der Waals surface area contributed by atoms with Crippen molar-refractivity contribution in [2.45, 2.75) is 39.4 Å². The van der Waals surface area contributed by atoms with Crippen LogP contribution in [0, 0.1) is 0 Å². The Morgan fingerprint density at radius 3 is 1.90 bits per heavy atom. The molecule has 1 atom stereocenters. The first kappa shape index (κ1) is 19.3. The van der Waals surface area contributed by atoms with Gasteiger partial charge in [0.05, 0.1) is 0 Å². The molecule has 1 unspecified atom stereocenters. The van der Waals surface area contributed by atoms with Gasteiger partial charge in [-0.25, -0.2) is 0 Å². The number of nitrogens with zero attached hydrogens (tertiary/aromatic N) is 2. The summed E-state index contributed by atoms with van der Waals surface area (Å²) in [5, 5.41) is 0. The second-order valence-electron chi connectivity index (χ2n) is 7.62. The number of benzene rings is 3. The number of para-hydroxylation sites is 1. The van der Waals surface area contributed by atoms with Gasteiger partial charge in [-0.2, -0.15) is 0 Å². The van der Waals surface area contributed by atoms with Gasteiger partial charge in [0, 0.05) is 24.5 Å². The Kier molecular flexibility index (Phi) is 6.00. The second-order valence-corrected chi connectivity index (χ2v) is 7.62. The minimum absolute atomic E-state index is 0.184. The van der Waals surface area contributed by atoms with Crippen LogP contribution < -0.4 is 4.90 Å². The first-order chi connectivity index (χ1) is 14.3. The Labute approximate surface area is 175 Å². The van der Waals surface area contributed by atoms with Gasteiger partial charge in [-0.3, -0.25) is 0 Å². The zero-order valence-electron chi connectivity index (χ0n) is 17.5. The van der Waals surface area contributed by atoms with E-state index in [2.05, 4.69) is 115 Å². The summed E-state index contributed by atoms with van der Waals surface area (Å²) in [5.74, 6) is 0. The second kappa shape index (κ2) is 9.00. The van der Waals surface area contributed by atoms with E-state index in [9.17, 15) is 0 Å². The largest absolute Gasteiger partial charge is 0.346 e. The first-order valence-corrected chi connectivity index (χ1v) is 10.7. The van der Waals surface area contributed by atoms with E-state index in [1.54, 1.807) is 5.57 Å². The van der Waals surface area contributed by atoms with Gasteiger partial charge in [0.25, 0.3) is 0 Å². The third-order valence-corrected chi connectivity index (χ3v) is 5.85. The fourth-order valence-corrected chi connectivity index (χ4v) is 4.47. The normalized spacial score (nSPS) is 17.0. The summed E-state index contributed by atoms with van der Waals surface area (Å²) in [6.45, 7) is 6.48. The molecule has 0 saturated heterocycles. The van der Waals surface area contributed by atoms with Crippen LogP contribution in [0.15, 0.2) is 102 Å². The predicted octanol–water partition coefficient (Wildman–Crippen LogP) is 6.78. The quantitative estimate of drug-likeness (QED) is 0.463. The molecule has 0 saturated carbocycles. The molecule has 4 rings (SSSR count). The summed E-state index contributed by atoms with van der Waals surface area (Å²) >= 11 is 0. The van der Waals surface area contributed by atoms with Gasteiger partial charge < -0.3 is 9.80 Å². The summed E-state index contributed by atoms with van der Waals surface area (Å²) in [6.07, 6.45) is 2.32. The number of hydrogen-bond donors (Lipinski definition) is 0. The average Bonchev–Trinajstić information content (AvgIpc) is 2.80. The smallest absolute Gasteiger partial charge is 0.128 e. The fourth-order valence-electron chi connectivity index (χ4n) is 4.47. The van der Waals surface area contributed by atoms with E-state index in [4.69, 9.17) is 0 Å². The highest BCUT2D eigenvalue weighted by molar-refractivity contribution is 5.52. The molecule has 2 heteroatoms. The van der Waals surface area contributed by atoms with E-state index in [1.165, 1.54) is 22.5 Å². The van der Waals surface area contributed by atoms with E-state index in [-0.39, 0.29) is 6.17 Å². The number of allylic oxidation sites excluding steroid dienone is 1. The minimum Gasteiger partial charge on any atom is -0.346 e. The van der Waals surface area contributed by atoms with Crippen LogP contribution in [0.25, 0.3) is 0 Å². The van der Waals surface area contributed by atoms with Crippen LogP contribution in [-0.2, 0) is 6.54 Å². The molecule has 1 aliphatic rings. The lowest BCUT2D eigenvalue weighted by molar-refractivity contribution is 0.214. The van der Waals surface area contributed by atoms with Gasteiger partial charge >= 0.3 is 0 Å². The summed E-state index contributed by atoms with van der Waals surface area (Å²) in [6, 6.07) is 32.7. The Morgan fingerprint density at radius 1 is 0.724 bits per heavy atom. The highest BCUT2D eigenvalue weighted by atomic mass is 15.4. The van der Waals surface area contributed by atoms with Crippen molar-refractivity contribution in [2.75, 3.05) is 11.4 Å². The molecule has 148 valence electrons. The Balaban J connectivity index is 1.85. The van der Waals surface area contributed by atoms with Crippen LogP contribution in [0.1, 0.15) is 44.0 Å². The Hall–Kier alpha value is -3.00. The van der Waals surface area contributed by atoms with Crippen molar-refractivity contribution in [2.24, 2.45) is 0 Å². The minimum atomic E-state index is 0.184. The molecular weight excluding hydrogens is 352 g/mol. The molecule has 1 aliphatic heterocycles. The van der Waals surface area contributed by atoms with Crippen LogP contribution in [-0.4, -0.2) is 11.4 Å². The molecule has 2 nitrogen and oxygen atoms in total. The monoisotopic (exact) mass is 382 g/mol. The highest BCUT2D eigenvalue weighted by Gasteiger charge is 2.34. The van der Waals surface area contributed by atoms with Gasteiger partial charge in [0.2, 0.25) is 0 Å². The first-order valence-electron chi connectivity index (χ1n) is 10.7. The van der Waals surface area contributed by atoms with Crippen molar-refractivity contribution in [1.29, 1.82) is 0 Å². The maximum absolute atomic E-state index is 2.62. The van der Waals surface area contributed by atoms with E-state index < -0.39 is 0 Å². The molecule has 1 heterocycles. The molecule has 0 aliphatic carbocycles. The van der Waals surface area contributed by atoms with Crippen molar-refractivity contribution in [1.82, 2.24) is 4.90 Å². The zero-order valence-corrected chi connectivity index (χ0v) is 17.5. The molecule has 3 aromatic rings. The maximum Gasteiger partial charge on any atom is 0.128 e. The van der Waals surface area contributed by atoms with E-state index in [0.29, 0.717) is 0 Å². The topological polar surface area (TPSA) is 6.48 Å². The fraction of sp³-hybridized carbons (Fsp3) is 0.259. The van der Waals surface area contributed by atoms with Crippen molar-refractivity contribution in [3.63, 3.8) is 0 Å². The summed E-state index contributed by atoms with van der Waals surface area (Å²) in [5.41, 5.74) is 7.01. The van der Waals surface area contributed by atoms with Crippen molar-refractivity contribution in [3.8, 4) is 0 Å². The molecule has 0 aromatic heterocycles. The maximum atomic E-state index is 2.62. The van der Waals surface area contributed by atoms with E-state index >= 15 is 0 Å². The van der Waals surface area contributed by atoms with Crippen molar-refractivity contribution >= 4 is 5.69 Å². The van der Waals surface area contributed by atoms with Gasteiger partial charge in [0.15, 0.2) is 0 Å². The third kappa shape index (κ3) is 4.07. The third-order valence-electron chi connectivity index (χ3n) is 5.85. The molecule has 0 fully saturated rings. The van der Waals surface area contributed by atoms with Gasteiger partial charge in [-0.15, -0.1) is 0 Å². The SMILES string of the molecule is CCC1=C(CC)N(Cc2ccccc2)C(c2ccccc2)N(c2ccccc2)C1. The molecule has 0 bridgehead atoms. The average molecular weight is 383 g/mol. The molecule has 0 N–H and O–H groups in total. The lowest BCUT2D eigenvalue weighted by Crippen LogP contribution is -2.46. The van der Waals surface area contributed by atoms with E-state index in [1.807, 2.05) is 0 Å². The summed E-state index contributed by atoms with van der Waals surface area (Å²) < 4.78 is 0. The Morgan fingerprint density at radius 2 is 1.31 bits per heavy atom. The molecule has 0 amide bonds. The van der Waals surface area contributed by atoms with E-state index in [0.717, 1.165) is 25.9 Å². The summed E-state index contributed by atoms with van der Waals surface area (Å²) in [4.78, 5) is 5.19. The number of rotatable bonds is 6. The van der Waals surface area contributed by atoms with Crippen LogP contribution in [0.5, 0.6) is 0 Å². The molecule has 0 spiro atoms.